The molecule has 0 unspecified atom stereocenters. The van der Waals surface area contributed by atoms with Crippen LogP contribution in [0.2, 0.25) is 0 Å². The molecule has 3 nitrogen and oxygen atoms in total. The summed E-state index contributed by atoms with van der Waals surface area (Å²) in [5.74, 6) is -0.765. The Morgan fingerprint density at radius 2 is 1.20 bits per heavy atom. The number of esters is 2. The topological polar surface area (TPSA) is 43.4 Å². The molecule has 0 fully saturated rings. The maximum atomic E-state index is 11.4. The lowest BCUT2D eigenvalue weighted by Crippen LogP contribution is -2.11. The van der Waals surface area contributed by atoms with Gasteiger partial charge in [-0.25, -0.2) is 0 Å². The van der Waals surface area contributed by atoms with Gasteiger partial charge in [0, 0.05) is 12.8 Å². The van der Waals surface area contributed by atoms with Crippen molar-refractivity contribution in [2.75, 3.05) is 0 Å². The van der Waals surface area contributed by atoms with Crippen LogP contribution >= 0.6 is 0 Å². The van der Waals surface area contributed by atoms with Crippen molar-refractivity contribution in [3.8, 4) is 0 Å². The van der Waals surface area contributed by atoms with Crippen molar-refractivity contribution in [1.29, 1.82) is 0 Å². The van der Waals surface area contributed by atoms with E-state index in [1.54, 1.807) is 0 Å². The number of carbonyl (C=O) groups is 2. The quantitative estimate of drug-likeness (QED) is 0.135. The molecule has 0 aromatic carbocycles. The Kier molecular flexibility index (Phi) is 17.9. The third-order valence-electron chi connectivity index (χ3n) is 4.01. The van der Waals surface area contributed by atoms with Crippen LogP contribution in [0.1, 0.15) is 104 Å². The van der Waals surface area contributed by atoms with E-state index in [1.807, 2.05) is 6.92 Å². The van der Waals surface area contributed by atoms with Crippen LogP contribution in [0.5, 0.6) is 0 Å². The smallest absolute Gasteiger partial charge is 0.313 e. The molecule has 0 aliphatic carbocycles. The van der Waals surface area contributed by atoms with Gasteiger partial charge in [0.25, 0.3) is 0 Å². The second-order valence-corrected chi connectivity index (χ2v) is 6.58. The predicted octanol–water partition coefficient (Wildman–Crippen LogP) is 6.67. The molecule has 0 bridgehead atoms. The van der Waals surface area contributed by atoms with Gasteiger partial charge in [-0.1, -0.05) is 70.3 Å². The summed E-state index contributed by atoms with van der Waals surface area (Å²) in [5, 5.41) is 0. The van der Waals surface area contributed by atoms with E-state index in [9.17, 15) is 9.59 Å². The van der Waals surface area contributed by atoms with Gasteiger partial charge < -0.3 is 4.74 Å². The highest BCUT2D eigenvalue weighted by Gasteiger charge is 2.08. The van der Waals surface area contributed by atoms with Crippen molar-refractivity contribution in [3.63, 3.8) is 0 Å². The maximum Gasteiger partial charge on any atom is 0.313 e. The first kappa shape index (κ1) is 23.6. The second-order valence-electron chi connectivity index (χ2n) is 6.58. The highest BCUT2D eigenvalue weighted by Crippen LogP contribution is 2.09. The Bertz CT molecular complexity index is 383. The fourth-order valence-corrected chi connectivity index (χ4v) is 2.51. The Hall–Kier alpha value is -1.38. The first-order chi connectivity index (χ1) is 12.2. The third kappa shape index (κ3) is 18.8. The summed E-state index contributed by atoms with van der Waals surface area (Å²) in [6, 6.07) is 0. The van der Waals surface area contributed by atoms with E-state index >= 15 is 0 Å². The number of ether oxygens (including phenoxy) is 1. The number of unbranched alkanes of at least 4 members (excludes halogenated alkanes) is 8. The number of hydrogen-bond donors (Lipinski definition) is 0. The van der Waals surface area contributed by atoms with E-state index in [1.165, 1.54) is 38.5 Å². The largest absolute Gasteiger partial charge is 0.393 e. The van der Waals surface area contributed by atoms with Crippen molar-refractivity contribution in [3.05, 3.63) is 24.3 Å². The summed E-state index contributed by atoms with van der Waals surface area (Å²) in [7, 11) is 0. The lowest BCUT2D eigenvalue weighted by molar-refractivity contribution is -0.159. The van der Waals surface area contributed by atoms with Crippen LogP contribution in [0.15, 0.2) is 24.3 Å². The summed E-state index contributed by atoms with van der Waals surface area (Å²) in [6.45, 7) is 4.13. The zero-order valence-electron chi connectivity index (χ0n) is 16.4. The van der Waals surface area contributed by atoms with E-state index in [2.05, 4.69) is 31.2 Å². The average Bonchev–Trinajstić information content (AvgIpc) is 2.58. The molecule has 0 spiro atoms. The number of rotatable bonds is 16. The normalized spacial score (nSPS) is 11.4. The van der Waals surface area contributed by atoms with E-state index in [0.717, 1.165) is 38.5 Å². The second kappa shape index (κ2) is 19.0. The summed E-state index contributed by atoms with van der Waals surface area (Å²) >= 11 is 0. The molecule has 3 heteroatoms. The number of allylic oxidation sites excluding steroid dienone is 4. The molecular formula is C22H38O3. The molecule has 0 aromatic heterocycles. The zero-order valence-corrected chi connectivity index (χ0v) is 16.4. The minimum atomic E-state index is -0.393. The van der Waals surface area contributed by atoms with E-state index < -0.39 is 5.97 Å². The van der Waals surface area contributed by atoms with Gasteiger partial charge in [-0.2, -0.15) is 0 Å². The van der Waals surface area contributed by atoms with Gasteiger partial charge in [0.15, 0.2) is 0 Å². The lowest BCUT2D eigenvalue weighted by Gasteiger charge is -2.02. The molecule has 0 amide bonds. The van der Waals surface area contributed by atoms with Crippen LogP contribution in [0, 0.1) is 0 Å². The molecule has 144 valence electrons. The van der Waals surface area contributed by atoms with Crippen molar-refractivity contribution in [1.82, 2.24) is 0 Å². The lowest BCUT2D eigenvalue weighted by atomic mass is 10.1. The van der Waals surface area contributed by atoms with Crippen LogP contribution in [0.3, 0.4) is 0 Å². The highest BCUT2D eigenvalue weighted by atomic mass is 16.6. The SMILES string of the molecule is CCCCC/C=C\C/C=C\CCCCCCCC(=O)OC(=O)CCC. The van der Waals surface area contributed by atoms with Gasteiger partial charge in [-0.3, -0.25) is 9.59 Å². The Morgan fingerprint density at radius 1 is 0.640 bits per heavy atom. The van der Waals surface area contributed by atoms with E-state index in [-0.39, 0.29) is 5.97 Å². The van der Waals surface area contributed by atoms with Crippen molar-refractivity contribution >= 4 is 11.9 Å². The molecule has 0 radical (unpaired) electrons. The van der Waals surface area contributed by atoms with E-state index in [0.29, 0.717) is 12.8 Å². The fourth-order valence-electron chi connectivity index (χ4n) is 2.51. The molecule has 0 saturated heterocycles. The highest BCUT2D eigenvalue weighted by molar-refractivity contribution is 5.85. The Labute approximate surface area is 154 Å². The summed E-state index contributed by atoms with van der Waals surface area (Å²) in [5.41, 5.74) is 0. The van der Waals surface area contributed by atoms with Gasteiger partial charge in [-0.15, -0.1) is 0 Å². The molecule has 0 atom stereocenters. The Balaban J connectivity index is 3.34. The minimum Gasteiger partial charge on any atom is -0.393 e. The van der Waals surface area contributed by atoms with Gasteiger partial charge in [0.2, 0.25) is 0 Å². The Morgan fingerprint density at radius 3 is 1.84 bits per heavy atom. The monoisotopic (exact) mass is 350 g/mol. The maximum absolute atomic E-state index is 11.4. The third-order valence-corrected chi connectivity index (χ3v) is 4.01. The van der Waals surface area contributed by atoms with Gasteiger partial charge in [0.1, 0.15) is 0 Å². The number of carbonyl (C=O) groups excluding carboxylic acids is 2. The fraction of sp³-hybridized carbons (Fsp3) is 0.727. The van der Waals surface area contributed by atoms with Gasteiger partial charge >= 0.3 is 11.9 Å². The van der Waals surface area contributed by atoms with Crippen LogP contribution in [-0.4, -0.2) is 11.9 Å². The first-order valence-electron chi connectivity index (χ1n) is 10.2. The molecule has 0 aromatic rings. The molecule has 25 heavy (non-hydrogen) atoms. The van der Waals surface area contributed by atoms with Crippen LogP contribution < -0.4 is 0 Å². The molecule has 0 rings (SSSR count). The molecule has 0 aliphatic heterocycles. The van der Waals surface area contributed by atoms with Crippen molar-refractivity contribution in [2.24, 2.45) is 0 Å². The van der Waals surface area contributed by atoms with Crippen LogP contribution in [0.25, 0.3) is 0 Å². The molecule has 0 saturated carbocycles. The molecule has 0 heterocycles. The van der Waals surface area contributed by atoms with Crippen molar-refractivity contribution < 1.29 is 14.3 Å². The average molecular weight is 351 g/mol. The number of hydrogen-bond acceptors (Lipinski definition) is 3. The summed E-state index contributed by atoms with van der Waals surface area (Å²) in [6.07, 6.45) is 23.2. The van der Waals surface area contributed by atoms with Crippen LogP contribution in [-0.2, 0) is 14.3 Å². The summed E-state index contributed by atoms with van der Waals surface area (Å²) in [4.78, 5) is 22.6. The van der Waals surface area contributed by atoms with Gasteiger partial charge in [0.05, 0.1) is 0 Å². The molecular weight excluding hydrogens is 312 g/mol. The first-order valence-corrected chi connectivity index (χ1v) is 10.2. The zero-order chi connectivity index (χ0) is 18.6. The minimum absolute atomic E-state index is 0.327. The van der Waals surface area contributed by atoms with Crippen molar-refractivity contribution in [2.45, 2.75) is 104 Å². The van der Waals surface area contributed by atoms with E-state index in [4.69, 9.17) is 4.74 Å². The standard InChI is InChI=1S/C22H38O3/c1-3-5-6-7-8-9-10-11-12-13-14-15-16-17-18-20-22(24)25-21(23)19-4-2/h8-9,11-12H,3-7,10,13-20H2,1-2H3/b9-8-,12-11-. The molecule has 0 N–H and O–H groups in total. The molecule has 0 aliphatic rings. The van der Waals surface area contributed by atoms with Crippen LogP contribution in [0.4, 0.5) is 0 Å². The van der Waals surface area contributed by atoms with Gasteiger partial charge in [-0.05, 0) is 44.9 Å². The predicted molar refractivity (Wildman–Crippen MR) is 105 cm³/mol. The summed E-state index contributed by atoms with van der Waals surface area (Å²) < 4.78 is 4.72.